The Morgan fingerprint density at radius 1 is 1.36 bits per heavy atom. The van der Waals surface area contributed by atoms with Crippen molar-refractivity contribution >= 4 is 23.0 Å². The lowest BCUT2D eigenvalue weighted by Gasteiger charge is -2.17. The van der Waals surface area contributed by atoms with Crippen molar-refractivity contribution in [3.63, 3.8) is 0 Å². The molecule has 0 saturated carbocycles. The first kappa shape index (κ1) is 14.1. The topological polar surface area (TPSA) is 95.2 Å². The molecule has 0 amide bonds. The molecular weight excluding hydrogens is 284 g/mol. The Labute approximate surface area is 126 Å². The maximum atomic E-state index is 10.8. The zero-order chi connectivity index (χ0) is 15.5. The zero-order valence-electron chi connectivity index (χ0n) is 12.1. The van der Waals surface area contributed by atoms with E-state index in [1.165, 1.54) is 0 Å². The maximum absolute atomic E-state index is 10.8. The number of carbonyl (C=O) groups is 1. The standard InChI is InChI=1S/C15H16N4O3/c1-2-19(15-18-12(9-22-15)14(20)21)8-7-13-16-10-5-3-4-6-11(10)17-13/h3-6,9H,2,7-8H2,1H3,(H,16,17)(H,20,21). The number of anilines is 1. The summed E-state index contributed by atoms with van der Waals surface area (Å²) in [5, 5.41) is 8.89. The number of carboxylic acids is 1. The van der Waals surface area contributed by atoms with Crippen molar-refractivity contribution in [2.45, 2.75) is 13.3 Å². The number of rotatable bonds is 6. The number of imidazole rings is 1. The quantitative estimate of drug-likeness (QED) is 0.725. The summed E-state index contributed by atoms with van der Waals surface area (Å²) >= 11 is 0. The number of aromatic carboxylic acids is 1. The highest BCUT2D eigenvalue weighted by atomic mass is 16.4. The monoisotopic (exact) mass is 300 g/mol. The number of likely N-dealkylation sites (N-methyl/N-ethyl adjacent to an activating group) is 1. The number of hydrogen-bond acceptors (Lipinski definition) is 5. The Morgan fingerprint density at radius 3 is 2.86 bits per heavy atom. The van der Waals surface area contributed by atoms with Crippen LogP contribution >= 0.6 is 0 Å². The van der Waals surface area contributed by atoms with Gasteiger partial charge in [-0.25, -0.2) is 9.78 Å². The SMILES string of the molecule is CCN(CCc1nc2ccccc2[nH]1)c1nc(C(=O)O)co1. The van der Waals surface area contributed by atoms with E-state index < -0.39 is 5.97 Å². The van der Waals surface area contributed by atoms with Gasteiger partial charge in [0, 0.05) is 19.5 Å². The summed E-state index contributed by atoms with van der Waals surface area (Å²) in [5.74, 6) is -0.215. The predicted octanol–water partition coefficient (Wildman–Crippen LogP) is 2.32. The highest BCUT2D eigenvalue weighted by Crippen LogP contribution is 2.15. The molecule has 0 bridgehead atoms. The number of aromatic nitrogens is 3. The van der Waals surface area contributed by atoms with Gasteiger partial charge in [0.05, 0.1) is 11.0 Å². The first-order chi connectivity index (χ1) is 10.7. The molecule has 7 nitrogen and oxygen atoms in total. The van der Waals surface area contributed by atoms with Gasteiger partial charge in [-0.05, 0) is 19.1 Å². The third kappa shape index (κ3) is 2.78. The molecule has 0 saturated heterocycles. The second-order valence-corrected chi connectivity index (χ2v) is 4.85. The number of nitrogens with one attached hydrogen (secondary N) is 1. The Kier molecular flexibility index (Phi) is 3.78. The van der Waals surface area contributed by atoms with E-state index in [4.69, 9.17) is 9.52 Å². The van der Waals surface area contributed by atoms with E-state index >= 15 is 0 Å². The molecule has 7 heteroatoms. The summed E-state index contributed by atoms with van der Waals surface area (Å²) in [4.78, 5) is 24.5. The van der Waals surface area contributed by atoms with Gasteiger partial charge in [0.15, 0.2) is 5.69 Å². The van der Waals surface area contributed by atoms with E-state index in [0.717, 1.165) is 23.1 Å². The van der Waals surface area contributed by atoms with Crippen molar-refractivity contribution in [1.29, 1.82) is 0 Å². The van der Waals surface area contributed by atoms with Gasteiger partial charge in [0.25, 0.3) is 6.01 Å². The van der Waals surface area contributed by atoms with E-state index in [0.29, 0.717) is 25.5 Å². The highest BCUT2D eigenvalue weighted by molar-refractivity contribution is 5.85. The maximum Gasteiger partial charge on any atom is 0.357 e. The van der Waals surface area contributed by atoms with Crippen molar-refractivity contribution in [3.05, 3.63) is 42.0 Å². The van der Waals surface area contributed by atoms with Gasteiger partial charge in [-0.3, -0.25) is 0 Å². The minimum absolute atomic E-state index is 0.0859. The molecule has 2 aromatic heterocycles. The molecule has 22 heavy (non-hydrogen) atoms. The minimum atomic E-state index is -1.09. The lowest BCUT2D eigenvalue weighted by molar-refractivity contribution is 0.0690. The van der Waals surface area contributed by atoms with E-state index in [2.05, 4.69) is 15.0 Å². The van der Waals surface area contributed by atoms with Crippen molar-refractivity contribution < 1.29 is 14.3 Å². The van der Waals surface area contributed by atoms with Crippen molar-refractivity contribution in [2.24, 2.45) is 0 Å². The van der Waals surface area contributed by atoms with Crippen LogP contribution in [0.3, 0.4) is 0 Å². The molecule has 0 fully saturated rings. The van der Waals surface area contributed by atoms with Gasteiger partial charge in [-0.15, -0.1) is 0 Å². The molecule has 0 aliphatic heterocycles. The number of hydrogen-bond donors (Lipinski definition) is 2. The third-order valence-electron chi connectivity index (χ3n) is 3.42. The van der Waals surface area contributed by atoms with E-state index in [9.17, 15) is 4.79 Å². The summed E-state index contributed by atoms with van der Waals surface area (Å²) in [7, 11) is 0. The predicted molar refractivity (Wildman–Crippen MR) is 81.1 cm³/mol. The molecule has 3 rings (SSSR count). The van der Waals surface area contributed by atoms with Crippen LogP contribution < -0.4 is 4.90 Å². The average Bonchev–Trinajstić information content (AvgIpc) is 3.14. The normalized spacial score (nSPS) is 11.0. The summed E-state index contributed by atoms with van der Waals surface area (Å²) in [6.45, 7) is 3.26. The summed E-state index contributed by atoms with van der Waals surface area (Å²) in [5.41, 5.74) is 1.85. The molecule has 3 aromatic rings. The Hall–Kier alpha value is -2.83. The van der Waals surface area contributed by atoms with Crippen molar-refractivity contribution in [2.75, 3.05) is 18.0 Å². The number of benzene rings is 1. The number of fused-ring (bicyclic) bond motifs is 1. The smallest absolute Gasteiger partial charge is 0.357 e. The van der Waals surface area contributed by atoms with Crippen LogP contribution in [0.2, 0.25) is 0 Å². The molecule has 0 radical (unpaired) electrons. The molecule has 0 aliphatic carbocycles. The van der Waals surface area contributed by atoms with Crippen LogP contribution in [0, 0.1) is 0 Å². The van der Waals surface area contributed by atoms with Gasteiger partial charge < -0.3 is 19.4 Å². The van der Waals surface area contributed by atoms with Crippen molar-refractivity contribution in [1.82, 2.24) is 15.0 Å². The molecule has 0 atom stereocenters. The Bertz CT molecular complexity index is 760. The molecule has 0 spiro atoms. The Balaban J connectivity index is 1.71. The molecule has 2 heterocycles. The largest absolute Gasteiger partial charge is 0.476 e. The van der Waals surface area contributed by atoms with E-state index in [-0.39, 0.29) is 5.69 Å². The number of H-pyrrole nitrogens is 1. The summed E-state index contributed by atoms with van der Waals surface area (Å²) < 4.78 is 5.23. The zero-order valence-corrected chi connectivity index (χ0v) is 12.1. The second kappa shape index (κ2) is 5.88. The summed E-state index contributed by atoms with van der Waals surface area (Å²) in [6, 6.07) is 8.17. The molecule has 2 N–H and O–H groups in total. The molecular formula is C15H16N4O3. The van der Waals surface area contributed by atoms with Gasteiger partial charge in [0.1, 0.15) is 12.1 Å². The lowest BCUT2D eigenvalue weighted by atomic mass is 10.3. The van der Waals surface area contributed by atoms with Gasteiger partial charge >= 0.3 is 5.97 Å². The van der Waals surface area contributed by atoms with Crippen molar-refractivity contribution in [3.8, 4) is 0 Å². The van der Waals surface area contributed by atoms with Crippen LogP contribution in [0.15, 0.2) is 34.9 Å². The fourth-order valence-corrected chi connectivity index (χ4v) is 2.26. The van der Waals surface area contributed by atoms with Gasteiger partial charge in [-0.1, -0.05) is 12.1 Å². The van der Waals surface area contributed by atoms with Gasteiger partial charge in [0.2, 0.25) is 0 Å². The fourth-order valence-electron chi connectivity index (χ4n) is 2.26. The second-order valence-electron chi connectivity index (χ2n) is 4.85. The van der Waals surface area contributed by atoms with Crippen LogP contribution in [0.4, 0.5) is 6.01 Å². The van der Waals surface area contributed by atoms with Crippen LogP contribution in [-0.2, 0) is 6.42 Å². The number of nitrogens with zero attached hydrogens (tertiary/aromatic N) is 3. The highest BCUT2D eigenvalue weighted by Gasteiger charge is 2.15. The first-order valence-corrected chi connectivity index (χ1v) is 7.04. The number of para-hydroxylation sites is 2. The molecule has 0 unspecified atom stereocenters. The average molecular weight is 300 g/mol. The van der Waals surface area contributed by atoms with E-state index in [1.54, 1.807) is 0 Å². The fraction of sp³-hybridized carbons (Fsp3) is 0.267. The molecule has 114 valence electrons. The van der Waals surface area contributed by atoms with Crippen LogP contribution in [-0.4, -0.2) is 39.1 Å². The number of aromatic amines is 1. The number of oxazole rings is 1. The van der Waals surface area contributed by atoms with E-state index in [1.807, 2.05) is 36.1 Å². The lowest BCUT2D eigenvalue weighted by Crippen LogP contribution is -2.26. The first-order valence-electron chi connectivity index (χ1n) is 7.04. The molecule has 0 aliphatic rings. The number of carboxylic acid groups (broad SMARTS) is 1. The molecule has 1 aromatic carbocycles. The Morgan fingerprint density at radius 2 is 2.18 bits per heavy atom. The minimum Gasteiger partial charge on any atom is -0.476 e. The van der Waals surface area contributed by atoms with Crippen LogP contribution in [0.25, 0.3) is 11.0 Å². The summed E-state index contributed by atoms with van der Waals surface area (Å²) in [6.07, 6.45) is 1.84. The van der Waals surface area contributed by atoms with Crippen LogP contribution in [0.5, 0.6) is 0 Å². The third-order valence-corrected chi connectivity index (χ3v) is 3.42. The van der Waals surface area contributed by atoms with Crippen LogP contribution in [0.1, 0.15) is 23.2 Å². The van der Waals surface area contributed by atoms with Gasteiger partial charge in [-0.2, -0.15) is 4.98 Å².